The van der Waals surface area contributed by atoms with E-state index < -0.39 is 0 Å². The molecule has 0 aliphatic carbocycles. The molecule has 0 bridgehead atoms. The summed E-state index contributed by atoms with van der Waals surface area (Å²) < 4.78 is 2.06. The maximum atomic E-state index is 4.63. The monoisotopic (exact) mass is 207 g/mol. The van der Waals surface area contributed by atoms with E-state index in [4.69, 9.17) is 0 Å². The normalized spacial score (nSPS) is 10.8. The van der Waals surface area contributed by atoms with Crippen molar-refractivity contribution < 1.29 is 0 Å². The molecule has 3 rings (SSSR count). The van der Waals surface area contributed by atoms with Gasteiger partial charge in [-0.3, -0.25) is 0 Å². The van der Waals surface area contributed by atoms with Gasteiger partial charge in [0.05, 0.1) is 5.69 Å². The Bertz CT molecular complexity index is 624. The number of hydrogen-bond acceptors (Lipinski definition) is 1. The zero-order chi connectivity index (χ0) is 11.0. The molecule has 0 aliphatic heterocycles. The highest BCUT2D eigenvalue weighted by Gasteiger charge is 2.08. The second kappa shape index (κ2) is 3.49. The molecule has 1 radical (unpaired) electrons. The van der Waals surface area contributed by atoms with Crippen LogP contribution in [0.25, 0.3) is 16.9 Å². The SMILES string of the molecule is Cc1c(-c2ccccc2)nc2cc[c]cn12. The van der Waals surface area contributed by atoms with Gasteiger partial charge < -0.3 is 4.40 Å². The van der Waals surface area contributed by atoms with Crippen LogP contribution in [0.3, 0.4) is 0 Å². The summed E-state index contributed by atoms with van der Waals surface area (Å²) in [6.45, 7) is 2.08. The van der Waals surface area contributed by atoms with Gasteiger partial charge in [-0.1, -0.05) is 30.3 Å². The second-order valence-corrected chi connectivity index (χ2v) is 3.77. The number of hydrogen-bond donors (Lipinski definition) is 0. The molecule has 0 fully saturated rings. The summed E-state index contributed by atoms with van der Waals surface area (Å²) in [4.78, 5) is 4.63. The molecule has 2 heterocycles. The van der Waals surface area contributed by atoms with Gasteiger partial charge in [-0.05, 0) is 25.1 Å². The molecule has 0 N–H and O–H groups in total. The summed E-state index contributed by atoms with van der Waals surface area (Å²) in [5.41, 5.74) is 4.32. The van der Waals surface area contributed by atoms with Gasteiger partial charge >= 0.3 is 0 Å². The summed E-state index contributed by atoms with van der Waals surface area (Å²) >= 11 is 0. The Balaban J connectivity index is 2.29. The third-order valence-corrected chi connectivity index (χ3v) is 2.76. The fourth-order valence-electron chi connectivity index (χ4n) is 1.93. The smallest absolute Gasteiger partial charge is 0.137 e. The van der Waals surface area contributed by atoms with Crippen LogP contribution in [0.4, 0.5) is 0 Å². The highest BCUT2D eigenvalue weighted by atomic mass is 15.0. The topological polar surface area (TPSA) is 17.3 Å². The van der Waals surface area contributed by atoms with Crippen LogP contribution in [0, 0.1) is 13.0 Å². The van der Waals surface area contributed by atoms with Crippen molar-refractivity contribution in [1.82, 2.24) is 9.38 Å². The summed E-state index contributed by atoms with van der Waals surface area (Å²) in [5.74, 6) is 0. The predicted octanol–water partition coefficient (Wildman–Crippen LogP) is 3.11. The van der Waals surface area contributed by atoms with E-state index in [0.717, 1.165) is 22.6 Å². The van der Waals surface area contributed by atoms with Gasteiger partial charge in [0.15, 0.2) is 0 Å². The van der Waals surface area contributed by atoms with Crippen LogP contribution < -0.4 is 0 Å². The lowest BCUT2D eigenvalue weighted by Crippen LogP contribution is -1.86. The standard InChI is InChI=1S/C14H11N2/c1-11-14(12-7-3-2-4-8-12)15-13-9-5-6-10-16(11)13/h2-5,7-10H,1H3. The Hall–Kier alpha value is -2.09. The summed E-state index contributed by atoms with van der Waals surface area (Å²) in [6.07, 6.45) is 1.92. The number of imidazole rings is 1. The van der Waals surface area contributed by atoms with Gasteiger partial charge in [-0.15, -0.1) is 0 Å². The molecule has 0 spiro atoms. The first-order chi connectivity index (χ1) is 7.86. The van der Waals surface area contributed by atoms with Crippen LogP contribution in [-0.4, -0.2) is 9.38 Å². The van der Waals surface area contributed by atoms with Crippen LogP contribution in [0.1, 0.15) is 5.69 Å². The minimum absolute atomic E-state index is 0.968. The first-order valence-corrected chi connectivity index (χ1v) is 5.26. The molecule has 2 nitrogen and oxygen atoms in total. The largest absolute Gasteiger partial charge is 0.303 e. The van der Waals surface area contributed by atoms with Crippen LogP contribution in [0.5, 0.6) is 0 Å². The van der Waals surface area contributed by atoms with Crippen molar-refractivity contribution in [2.45, 2.75) is 6.92 Å². The van der Waals surface area contributed by atoms with Crippen LogP contribution in [-0.2, 0) is 0 Å². The van der Waals surface area contributed by atoms with Crippen molar-refractivity contribution in [1.29, 1.82) is 0 Å². The Morgan fingerprint density at radius 3 is 2.69 bits per heavy atom. The van der Waals surface area contributed by atoms with Gasteiger partial charge in [-0.2, -0.15) is 0 Å². The molecular weight excluding hydrogens is 196 g/mol. The molecule has 16 heavy (non-hydrogen) atoms. The van der Waals surface area contributed by atoms with Gasteiger partial charge in [0.1, 0.15) is 5.65 Å². The molecule has 3 aromatic rings. The number of benzene rings is 1. The van der Waals surface area contributed by atoms with Crippen molar-refractivity contribution >= 4 is 5.65 Å². The highest BCUT2D eigenvalue weighted by Crippen LogP contribution is 2.22. The fourth-order valence-corrected chi connectivity index (χ4v) is 1.93. The minimum atomic E-state index is 0.968. The predicted molar refractivity (Wildman–Crippen MR) is 64.2 cm³/mol. The van der Waals surface area contributed by atoms with E-state index in [2.05, 4.69) is 34.5 Å². The molecule has 0 saturated heterocycles. The van der Waals surface area contributed by atoms with E-state index in [1.165, 1.54) is 0 Å². The maximum Gasteiger partial charge on any atom is 0.137 e. The molecule has 0 saturated carbocycles. The Morgan fingerprint density at radius 1 is 1.12 bits per heavy atom. The second-order valence-electron chi connectivity index (χ2n) is 3.77. The molecule has 1 aromatic carbocycles. The van der Waals surface area contributed by atoms with Crippen LogP contribution in [0.15, 0.2) is 48.7 Å². The van der Waals surface area contributed by atoms with E-state index in [0.29, 0.717) is 0 Å². The first-order valence-electron chi connectivity index (χ1n) is 5.26. The molecule has 2 heteroatoms. The van der Waals surface area contributed by atoms with E-state index in [1.807, 2.05) is 36.5 Å². The van der Waals surface area contributed by atoms with E-state index in [-0.39, 0.29) is 0 Å². The van der Waals surface area contributed by atoms with Crippen LogP contribution >= 0.6 is 0 Å². The summed E-state index contributed by atoms with van der Waals surface area (Å²) in [7, 11) is 0. The lowest BCUT2D eigenvalue weighted by Gasteiger charge is -1.98. The highest BCUT2D eigenvalue weighted by molar-refractivity contribution is 5.66. The fraction of sp³-hybridized carbons (Fsp3) is 0.0714. The summed E-state index contributed by atoms with van der Waals surface area (Å²) in [5, 5.41) is 0. The summed E-state index contributed by atoms with van der Waals surface area (Å²) in [6, 6.07) is 17.2. The zero-order valence-corrected chi connectivity index (χ0v) is 9.01. The van der Waals surface area contributed by atoms with E-state index >= 15 is 0 Å². The van der Waals surface area contributed by atoms with Gasteiger partial charge in [0, 0.05) is 17.5 Å². The average molecular weight is 207 g/mol. The zero-order valence-electron chi connectivity index (χ0n) is 9.01. The third-order valence-electron chi connectivity index (χ3n) is 2.76. The van der Waals surface area contributed by atoms with Gasteiger partial charge in [0.2, 0.25) is 0 Å². The number of aromatic nitrogens is 2. The number of pyridine rings is 1. The lowest BCUT2D eigenvalue weighted by molar-refractivity contribution is 1.11. The quantitative estimate of drug-likeness (QED) is 0.599. The van der Waals surface area contributed by atoms with E-state index in [9.17, 15) is 0 Å². The van der Waals surface area contributed by atoms with Gasteiger partial charge in [-0.25, -0.2) is 4.98 Å². The Morgan fingerprint density at radius 2 is 1.94 bits per heavy atom. The van der Waals surface area contributed by atoms with Crippen molar-refractivity contribution in [2.75, 3.05) is 0 Å². The minimum Gasteiger partial charge on any atom is -0.303 e. The van der Waals surface area contributed by atoms with Crippen molar-refractivity contribution in [3.8, 4) is 11.3 Å². The number of nitrogens with zero attached hydrogens (tertiary/aromatic N) is 2. The first kappa shape index (κ1) is 9.16. The molecule has 0 aliphatic rings. The molecule has 0 amide bonds. The Labute approximate surface area is 94.2 Å². The van der Waals surface area contributed by atoms with Crippen LogP contribution in [0.2, 0.25) is 0 Å². The number of rotatable bonds is 1. The molecule has 0 atom stereocenters. The van der Waals surface area contributed by atoms with Crippen molar-refractivity contribution in [2.24, 2.45) is 0 Å². The molecular formula is C14H11N2. The third kappa shape index (κ3) is 1.31. The molecule has 2 aromatic heterocycles. The lowest BCUT2D eigenvalue weighted by atomic mass is 10.1. The van der Waals surface area contributed by atoms with Gasteiger partial charge in [0.25, 0.3) is 0 Å². The van der Waals surface area contributed by atoms with Crippen molar-refractivity contribution in [3.63, 3.8) is 0 Å². The average Bonchev–Trinajstić information content (AvgIpc) is 2.69. The number of fused-ring (bicyclic) bond motifs is 1. The molecule has 77 valence electrons. The van der Waals surface area contributed by atoms with Crippen molar-refractivity contribution in [3.05, 3.63) is 60.4 Å². The van der Waals surface area contributed by atoms with E-state index in [1.54, 1.807) is 0 Å². The maximum absolute atomic E-state index is 4.63. The number of aryl methyl sites for hydroxylation is 1. The molecule has 0 unspecified atom stereocenters. The Kier molecular flexibility index (Phi) is 2.00.